The molecule has 1 aliphatic rings. The number of nitrogens with one attached hydrogen (secondary N) is 1. The molecule has 0 saturated carbocycles. The number of carbonyl (C=O) groups excluding carboxylic acids is 1. The zero-order chi connectivity index (χ0) is 18.2. The van der Waals surface area contributed by atoms with Gasteiger partial charge in [0.1, 0.15) is 0 Å². The van der Waals surface area contributed by atoms with Crippen LogP contribution >= 0.6 is 0 Å². The molecule has 1 N–H and O–H groups in total. The zero-order valence-electron chi connectivity index (χ0n) is 15.1. The fourth-order valence-electron chi connectivity index (χ4n) is 4.09. The van der Waals surface area contributed by atoms with Crippen molar-refractivity contribution in [3.8, 4) is 0 Å². The van der Waals surface area contributed by atoms with E-state index < -0.39 is 0 Å². The smallest absolute Gasteiger partial charge is 0.227 e. The van der Waals surface area contributed by atoms with Gasteiger partial charge in [-0.05, 0) is 43.0 Å². The molecule has 0 spiro atoms. The SMILES string of the molecule is O=C(CCc1cc2c(cn1)[nH]c1ccccc12)N1CCCc2ccccc21. The molecule has 3 heterocycles. The highest BCUT2D eigenvalue weighted by Gasteiger charge is 2.21. The highest BCUT2D eigenvalue weighted by Crippen LogP contribution is 2.28. The van der Waals surface area contributed by atoms with Crippen LogP contribution < -0.4 is 4.90 Å². The van der Waals surface area contributed by atoms with Crippen molar-refractivity contribution in [3.63, 3.8) is 0 Å². The summed E-state index contributed by atoms with van der Waals surface area (Å²) in [6, 6.07) is 18.6. The molecule has 5 rings (SSSR count). The number of para-hydroxylation sites is 2. The maximum absolute atomic E-state index is 12.9. The predicted molar refractivity (Wildman–Crippen MR) is 109 cm³/mol. The van der Waals surface area contributed by atoms with Gasteiger partial charge in [0.2, 0.25) is 5.91 Å². The third kappa shape index (κ3) is 2.87. The van der Waals surface area contributed by atoms with Crippen molar-refractivity contribution < 1.29 is 4.79 Å². The number of benzene rings is 2. The number of H-pyrrole nitrogens is 1. The predicted octanol–water partition coefficient (Wildman–Crippen LogP) is 4.63. The van der Waals surface area contributed by atoms with Gasteiger partial charge in [0, 0.05) is 40.6 Å². The van der Waals surface area contributed by atoms with E-state index in [4.69, 9.17) is 0 Å². The summed E-state index contributed by atoms with van der Waals surface area (Å²) in [5.74, 6) is 0.183. The second kappa shape index (κ2) is 6.54. The van der Waals surface area contributed by atoms with Crippen LogP contribution in [-0.4, -0.2) is 22.4 Å². The van der Waals surface area contributed by atoms with Crippen LogP contribution in [-0.2, 0) is 17.6 Å². The molecule has 1 amide bonds. The first-order valence-corrected chi connectivity index (χ1v) is 9.53. The number of amides is 1. The molecule has 2 aromatic carbocycles. The Hall–Kier alpha value is -3.14. The molecule has 0 bridgehead atoms. The Morgan fingerprint density at radius 3 is 2.85 bits per heavy atom. The maximum Gasteiger partial charge on any atom is 0.227 e. The van der Waals surface area contributed by atoms with Crippen molar-refractivity contribution in [3.05, 3.63) is 72.1 Å². The largest absolute Gasteiger partial charge is 0.353 e. The van der Waals surface area contributed by atoms with Crippen LogP contribution in [0.25, 0.3) is 21.8 Å². The molecular formula is C23H21N3O. The van der Waals surface area contributed by atoms with Crippen molar-refractivity contribution >= 4 is 33.4 Å². The number of nitrogens with zero attached hydrogens (tertiary/aromatic N) is 2. The van der Waals surface area contributed by atoms with Gasteiger partial charge in [-0.2, -0.15) is 0 Å². The minimum absolute atomic E-state index is 0.183. The van der Waals surface area contributed by atoms with E-state index in [0.717, 1.165) is 41.8 Å². The fraction of sp³-hybridized carbons (Fsp3) is 0.217. The summed E-state index contributed by atoms with van der Waals surface area (Å²) in [6.45, 7) is 0.810. The number of aryl methyl sites for hydroxylation is 2. The van der Waals surface area contributed by atoms with E-state index in [1.165, 1.54) is 16.3 Å². The van der Waals surface area contributed by atoms with Gasteiger partial charge in [0.15, 0.2) is 0 Å². The summed E-state index contributed by atoms with van der Waals surface area (Å²) in [4.78, 5) is 22.8. The molecule has 4 nitrogen and oxygen atoms in total. The molecule has 0 aliphatic carbocycles. The molecular weight excluding hydrogens is 334 g/mol. The van der Waals surface area contributed by atoms with Gasteiger partial charge in [-0.1, -0.05) is 36.4 Å². The Labute approximate surface area is 157 Å². The first-order valence-electron chi connectivity index (χ1n) is 9.53. The number of aromatic amines is 1. The number of hydrogen-bond donors (Lipinski definition) is 1. The summed E-state index contributed by atoms with van der Waals surface area (Å²) < 4.78 is 0. The third-order valence-corrected chi connectivity index (χ3v) is 5.45. The molecule has 0 radical (unpaired) electrons. The highest BCUT2D eigenvalue weighted by molar-refractivity contribution is 6.07. The number of rotatable bonds is 3. The maximum atomic E-state index is 12.9. The lowest BCUT2D eigenvalue weighted by Gasteiger charge is -2.29. The average molecular weight is 355 g/mol. The van der Waals surface area contributed by atoms with E-state index in [9.17, 15) is 4.79 Å². The molecule has 27 heavy (non-hydrogen) atoms. The molecule has 1 aliphatic heterocycles. The first kappa shape index (κ1) is 16.1. The molecule has 2 aromatic heterocycles. The third-order valence-electron chi connectivity index (χ3n) is 5.45. The molecule has 0 fully saturated rings. The summed E-state index contributed by atoms with van der Waals surface area (Å²) in [7, 11) is 0. The van der Waals surface area contributed by atoms with Crippen molar-refractivity contribution in [1.82, 2.24) is 9.97 Å². The van der Waals surface area contributed by atoms with Crippen molar-refractivity contribution in [1.29, 1.82) is 0 Å². The summed E-state index contributed by atoms with van der Waals surface area (Å²) >= 11 is 0. The number of anilines is 1. The Morgan fingerprint density at radius 2 is 1.89 bits per heavy atom. The van der Waals surface area contributed by atoms with Gasteiger partial charge in [-0.15, -0.1) is 0 Å². The van der Waals surface area contributed by atoms with Crippen molar-refractivity contribution in [2.75, 3.05) is 11.4 Å². The van der Waals surface area contributed by atoms with Crippen molar-refractivity contribution in [2.24, 2.45) is 0 Å². The lowest BCUT2D eigenvalue weighted by Crippen LogP contribution is -2.35. The Morgan fingerprint density at radius 1 is 1.04 bits per heavy atom. The normalized spacial score (nSPS) is 13.9. The fourth-order valence-corrected chi connectivity index (χ4v) is 4.09. The summed E-state index contributed by atoms with van der Waals surface area (Å²) in [6.07, 6.45) is 5.11. The number of carbonyl (C=O) groups is 1. The average Bonchev–Trinajstić information content (AvgIpc) is 3.09. The Kier molecular flexibility index (Phi) is 3.89. The van der Waals surface area contributed by atoms with Crippen LogP contribution in [0.5, 0.6) is 0 Å². The topological polar surface area (TPSA) is 49.0 Å². The van der Waals surface area contributed by atoms with Gasteiger partial charge >= 0.3 is 0 Å². The minimum atomic E-state index is 0.183. The van der Waals surface area contributed by atoms with E-state index in [1.54, 1.807) is 0 Å². The van der Waals surface area contributed by atoms with Crippen LogP contribution in [0.1, 0.15) is 24.1 Å². The quantitative estimate of drug-likeness (QED) is 0.582. The van der Waals surface area contributed by atoms with E-state index in [1.807, 2.05) is 35.4 Å². The highest BCUT2D eigenvalue weighted by atomic mass is 16.2. The number of fused-ring (bicyclic) bond motifs is 4. The summed E-state index contributed by atoms with van der Waals surface area (Å²) in [5.41, 5.74) is 5.47. The lowest BCUT2D eigenvalue weighted by atomic mass is 10.0. The zero-order valence-corrected chi connectivity index (χ0v) is 15.1. The van der Waals surface area contributed by atoms with Gasteiger partial charge in [0.25, 0.3) is 0 Å². The number of hydrogen-bond acceptors (Lipinski definition) is 2. The number of pyridine rings is 1. The van der Waals surface area contributed by atoms with Crippen LogP contribution in [0.3, 0.4) is 0 Å². The molecule has 4 heteroatoms. The first-order chi connectivity index (χ1) is 13.3. The van der Waals surface area contributed by atoms with Crippen LogP contribution in [0.15, 0.2) is 60.8 Å². The van der Waals surface area contributed by atoms with Crippen LogP contribution in [0.2, 0.25) is 0 Å². The van der Waals surface area contributed by atoms with E-state index in [0.29, 0.717) is 12.8 Å². The van der Waals surface area contributed by atoms with Gasteiger partial charge in [-0.25, -0.2) is 0 Å². The lowest BCUT2D eigenvalue weighted by molar-refractivity contribution is -0.118. The van der Waals surface area contributed by atoms with Crippen LogP contribution in [0, 0.1) is 0 Å². The molecule has 0 saturated heterocycles. The Balaban J connectivity index is 1.37. The molecule has 0 atom stereocenters. The number of aromatic nitrogens is 2. The standard InChI is InChI=1S/C23H21N3O/c27-23(26-13-5-7-16-6-1-4-10-22(16)26)12-11-17-14-19-18-8-2-3-9-20(18)25-21(19)15-24-17/h1-4,6,8-10,14-15,25H,5,7,11-13H2. The second-order valence-corrected chi connectivity index (χ2v) is 7.17. The summed E-state index contributed by atoms with van der Waals surface area (Å²) in [5, 5.41) is 2.37. The molecule has 4 aromatic rings. The minimum Gasteiger partial charge on any atom is -0.353 e. The van der Waals surface area contributed by atoms with E-state index in [2.05, 4.69) is 40.3 Å². The molecule has 134 valence electrons. The van der Waals surface area contributed by atoms with Gasteiger partial charge < -0.3 is 9.88 Å². The van der Waals surface area contributed by atoms with Gasteiger partial charge in [-0.3, -0.25) is 9.78 Å². The second-order valence-electron chi connectivity index (χ2n) is 7.17. The Bertz CT molecular complexity index is 1140. The molecule has 0 unspecified atom stereocenters. The van der Waals surface area contributed by atoms with Gasteiger partial charge in [0.05, 0.1) is 11.7 Å². The van der Waals surface area contributed by atoms with E-state index in [-0.39, 0.29) is 5.91 Å². The monoisotopic (exact) mass is 355 g/mol. The van der Waals surface area contributed by atoms with E-state index >= 15 is 0 Å². The van der Waals surface area contributed by atoms with Crippen LogP contribution in [0.4, 0.5) is 5.69 Å². The van der Waals surface area contributed by atoms with Crippen molar-refractivity contribution in [2.45, 2.75) is 25.7 Å².